The molecule has 1 aliphatic carbocycles. The highest BCUT2D eigenvalue weighted by Crippen LogP contribution is 2.44. The number of aromatic amines is 1. The summed E-state index contributed by atoms with van der Waals surface area (Å²) in [6, 6.07) is 11.8. The zero-order valence-electron chi connectivity index (χ0n) is 18.1. The molecule has 2 aromatic heterocycles. The Morgan fingerprint density at radius 1 is 1.21 bits per heavy atom. The van der Waals surface area contributed by atoms with Crippen LogP contribution in [0.5, 0.6) is 0 Å². The molecule has 1 aromatic carbocycles. The van der Waals surface area contributed by atoms with Crippen LogP contribution in [0.2, 0.25) is 0 Å². The minimum atomic E-state index is -4.47. The fourth-order valence-corrected chi connectivity index (χ4v) is 4.40. The zero-order chi connectivity index (χ0) is 23.4. The van der Waals surface area contributed by atoms with Crippen molar-refractivity contribution in [3.8, 4) is 0 Å². The van der Waals surface area contributed by atoms with E-state index in [4.69, 9.17) is 0 Å². The number of pyridine rings is 1. The summed E-state index contributed by atoms with van der Waals surface area (Å²) in [5, 5.41) is 13.1. The molecule has 2 aliphatic rings. The van der Waals surface area contributed by atoms with Gasteiger partial charge in [0, 0.05) is 23.7 Å². The average molecular weight is 456 g/mol. The topological polar surface area (TPSA) is 85.9 Å². The molecular weight excluding hydrogens is 433 g/mol. The minimum Gasteiger partial charge on any atom is -0.335 e. The third-order valence-electron chi connectivity index (χ3n) is 6.38. The molecule has 0 unspecified atom stereocenters. The van der Waals surface area contributed by atoms with Crippen molar-refractivity contribution in [2.45, 2.75) is 50.5 Å². The first-order valence-corrected chi connectivity index (χ1v) is 10.7. The predicted octanol–water partition coefficient (Wildman–Crippen LogP) is 4.88. The molecule has 7 nitrogen and oxygen atoms in total. The van der Waals surface area contributed by atoms with Crippen molar-refractivity contribution in [3.63, 3.8) is 0 Å². The van der Waals surface area contributed by atoms with Crippen LogP contribution >= 0.6 is 0 Å². The van der Waals surface area contributed by atoms with Crippen LogP contribution in [-0.2, 0) is 18.3 Å². The first-order chi connectivity index (χ1) is 15.6. The van der Waals surface area contributed by atoms with Crippen molar-refractivity contribution in [1.29, 1.82) is 0 Å². The second-order valence-electron chi connectivity index (χ2n) is 8.93. The molecule has 0 spiro atoms. The van der Waals surface area contributed by atoms with Gasteiger partial charge in [0.1, 0.15) is 5.82 Å². The van der Waals surface area contributed by atoms with Crippen LogP contribution < -0.4 is 10.6 Å². The lowest BCUT2D eigenvalue weighted by atomic mass is 10.0. The highest BCUT2D eigenvalue weighted by atomic mass is 19.4. The quantitative estimate of drug-likeness (QED) is 0.522. The van der Waals surface area contributed by atoms with E-state index in [-0.39, 0.29) is 24.4 Å². The normalized spacial score (nSPS) is 20.9. The molecule has 0 saturated heterocycles. The van der Waals surface area contributed by atoms with Gasteiger partial charge in [-0.05, 0) is 38.0 Å². The van der Waals surface area contributed by atoms with E-state index in [1.54, 1.807) is 4.90 Å². The van der Waals surface area contributed by atoms with Gasteiger partial charge in [0.2, 0.25) is 0 Å². The Morgan fingerprint density at radius 2 is 1.97 bits per heavy atom. The number of rotatable bonds is 4. The van der Waals surface area contributed by atoms with Gasteiger partial charge in [-0.15, -0.1) is 0 Å². The number of hydrogen-bond acceptors (Lipinski definition) is 4. The maximum absolute atomic E-state index is 13.1. The lowest BCUT2D eigenvalue weighted by Gasteiger charge is -2.32. The summed E-state index contributed by atoms with van der Waals surface area (Å²) >= 11 is 0. The van der Waals surface area contributed by atoms with Crippen molar-refractivity contribution >= 4 is 17.7 Å². The second-order valence-corrected chi connectivity index (χ2v) is 8.93. The van der Waals surface area contributed by atoms with E-state index in [0.717, 1.165) is 36.0 Å². The molecule has 10 heteroatoms. The van der Waals surface area contributed by atoms with E-state index in [2.05, 4.69) is 37.9 Å². The number of anilines is 2. The number of halogens is 3. The van der Waals surface area contributed by atoms with Gasteiger partial charge in [-0.3, -0.25) is 5.10 Å². The fraction of sp³-hybridized carbons (Fsp3) is 0.348. The van der Waals surface area contributed by atoms with Crippen LogP contribution in [0.1, 0.15) is 48.6 Å². The Kier molecular flexibility index (Phi) is 4.84. The number of fused-ring (bicyclic) bond motifs is 1. The minimum absolute atomic E-state index is 0.0310. The van der Waals surface area contributed by atoms with Gasteiger partial charge in [0.25, 0.3) is 0 Å². The summed E-state index contributed by atoms with van der Waals surface area (Å²) in [6.45, 7) is 4.09. The van der Waals surface area contributed by atoms with Crippen LogP contribution in [0.25, 0.3) is 0 Å². The summed E-state index contributed by atoms with van der Waals surface area (Å²) in [5.74, 6) is 0.696. The summed E-state index contributed by atoms with van der Waals surface area (Å²) < 4.78 is 39.1. The monoisotopic (exact) mass is 456 g/mol. The number of carbonyl (C=O) groups excluding carboxylic acids is 1. The number of alkyl halides is 3. The molecule has 2 amide bonds. The summed E-state index contributed by atoms with van der Waals surface area (Å²) in [5.41, 5.74) is 1.21. The Balaban J connectivity index is 1.30. The van der Waals surface area contributed by atoms with Gasteiger partial charge in [-0.1, -0.05) is 30.3 Å². The van der Waals surface area contributed by atoms with Crippen LogP contribution in [0, 0.1) is 0 Å². The smallest absolute Gasteiger partial charge is 0.335 e. The molecule has 2 atom stereocenters. The maximum atomic E-state index is 13.1. The van der Waals surface area contributed by atoms with Gasteiger partial charge in [-0.2, -0.15) is 18.3 Å². The number of aromatic nitrogens is 3. The first-order valence-electron chi connectivity index (χ1n) is 10.7. The molecule has 172 valence electrons. The van der Waals surface area contributed by atoms with E-state index in [1.165, 1.54) is 5.56 Å². The lowest BCUT2D eigenvalue weighted by Crippen LogP contribution is -2.47. The highest BCUT2D eigenvalue weighted by molar-refractivity contribution is 5.78. The van der Waals surface area contributed by atoms with Crippen molar-refractivity contribution in [2.75, 3.05) is 5.32 Å². The largest absolute Gasteiger partial charge is 0.416 e. The molecule has 3 N–H and O–H groups in total. The van der Waals surface area contributed by atoms with E-state index >= 15 is 0 Å². The number of nitrogens with zero attached hydrogens (tertiary/aromatic N) is 3. The number of urea groups is 1. The number of benzene rings is 1. The SMILES string of the molecule is CC1(C)c2[nH]nc(Nc3cc(C(F)(F)F)ccn3)c2CN1C(=O)N[C@@H]1C[C@H]1c1ccccc1. The summed E-state index contributed by atoms with van der Waals surface area (Å²) in [7, 11) is 0. The van der Waals surface area contributed by atoms with Crippen molar-refractivity contribution in [1.82, 2.24) is 25.4 Å². The molecule has 1 fully saturated rings. The third-order valence-corrected chi connectivity index (χ3v) is 6.38. The number of amides is 2. The van der Waals surface area contributed by atoms with Crippen molar-refractivity contribution < 1.29 is 18.0 Å². The van der Waals surface area contributed by atoms with Gasteiger partial charge in [0.15, 0.2) is 5.82 Å². The second kappa shape index (κ2) is 7.50. The molecule has 1 saturated carbocycles. The fourth-order valence-electron chi connectivity index (χ4n) is 4.40. The third kappa shape index (κ3) is 3.90. The Labute approximate surface area is 188 Å². The first kappa shape index (κ1) is 21.3. The summed E-state index contributed by atoms with van der Waals surface area (Å²) in [6.07, 6.45) is -2.48. The zero-order valence-corrected chi connectivity index (χ0v) is 18.1. The van der Waals surface area contributed by atoms with Crippen LogP contribution in [0.15, 0.2) is 48.7 Å². The lowest BCUT2D eigenvalue weighted by molar-refractivity contribution is -0.137. The molecule has 0 radical (unpaired) electrons. The van der Waals surface area contributed by atoms with E-state index < -0.39 is 17.3 Å². The van der Waals surface area contributed by atoms with Crippen LogP contribution in [0.4, 0.5) is 29.6 Å². The standard InChI is InChI=1S/C23H23F3N6O/c1-22(2)19-16(20(31-30-19)29-18-10-14(8-9-27-18)23(24,25)26)12-32(22)21(33)28-17-11-15(17)13-6-4-3-5-7-13/h3-10,15,17H,11-12H2,1-2H3,(H,28,33)(H2,27,29,30,31)/t15-,17+/m0/s1. The van der Waals surface area contributed by atoms with Gasteiger partial charge in [-0.25, -0.2) is 9.78 Å². The maximum Gasteiger partial charge on any atom is 0.416 e. The highest BCUT2D eigenvalue weighted by Gasteiger charge is 2.46. The number of nitrogens with one attached hydrogen (secondary N) is 3. The molecule has 33 heavy (non-hydrogen) atoms. The number of carbonyl (C=O) groups is 1. The van der Waals surface area contributed by atoms with E-state index in [1.807, 2.05) is 32.0 Å². The Bertz CT molecular complexity index is 1190. The summed E-state index contributed by atoms with van der Waals surface area (Å²) in [4.78, 5) is 18.8. The van der Waals surface area contributed by atoms with Crippen molar-refractivity contribution in [2.24, 2.45) is 0 Å². The Hall–Kier alpha value is -3.56. The molecule has 5 rings (SSSR count). The van der Waals surface area contributed by atoms with Crippen LogP contribution in [0.3, 0.4) is 0 Å². The molecule has 3 heterocycles. The molecule has 0 bridgehead atoms. The average Bonchev–Trinajstić information content (AvgIpc) is 3.33. The number of hydrogen-bond donors (Lipinski definition) is 3. The molecule has 3 aromatic rings. The van der Waals surface area contributed by atoms with E-state index in [9.17, 15) is 18.0 Å². The van der Waals surface area contributed by atoms with Gasteiger partial charge < -0.3 is 15.5 Å². The molecule has 1 aliphatic heterocycles. The van der Waals surface area contributed by atoms with Crippen molar-refractivity contribution in [3.05, 3.63) is 71.0 Å². The van der Waals surface area contributed by atoms with E-state index in [0.29, 0.717) is 11.7 Å². The molecular formula is C23H23F3N6O. The van der Waals surface area contributed by atoms with Gasteiger partial charge in [0.05, 0.1) is 23.3 Å². The Morgan fingerprint density at radius 3 is 2.70 bits per heavy atom. The predicted molar refractivity (Wildman–Crippen MR) is 116 cm³/mol. The van der Waals surface area contributed by atoms with Gasteiger partial charge >= 0.3 is 12.2 Å². The van der Waals surface area contributed by atoms with Crippen LogP contribution in [-0.4, -0.2) is 32.2 Å². The number of H-pyrrole nitrogens is 1.